The number of aromatic nitrogens is 1. The maximum Gasteiger partial charge on any atom is 0.226 e. The van der Waals surface area contributed by atoms with Gasteiger partial charge in [-0.2, -0.15) is 0 Å². The second-order valence-electron chi connectivity index (χ2n) is 6.21. The van der Waals surface area contributed by atoms with Gasteiger partial charge in [0.15, 0.2) is 0 Å². The van der Waals surface area contributed by atoms with Gasteiger partial charge in [0.05, 0.1) is 17.1 Å². The summed E-state index contributed by atoms with van der Waals surface area (Å²) in [6.45, 7) is 6.07. The molecule has 1 unspecified atom stereocenters. The molecular weight excluding hydrogens is 292 g/mol. The van der Waals surface area contributed by atoms with Gasteiger partial charge in [-0.3, -0.25) is 4.79 Å². The number of nitrogens with zero attached hydrogens (tertiary/aromatic N) is 2. The Balaban J connectivity index is 1.64. The minimum absolute atomic E-state index is 0.254. The standard InChI is InChI=1S/C18H22N2OS/c1-13-4-3-9-20(11-13)18(21)10-15-5-7-16(8-6-15)17-12-22-14(2)19-17/h5-8,12-13H,3-4,9-11H2,1-2H3. The van der Waals surface area contributed by atoms with Crippen LogP contribution in [0.25, 0.3) is 11.3 Å². The van der Waals surface area contributed by atoms with E-state index in [2.05, 4.69) is 41.6 Å². The smallest absolute Gasteiger partial charge is 0.226 e. The van der Waals surface area contributed by atoms with Crippen LogP contribution in [0.2, 0.25) is 0 Å². The Hall–Kier alpha value is -1.68. The van der Waals surface area contributed by atoms with E-state index in [0.717, 1.165) is 41.3 Å². The van der Waals surface area contributed by atoms with Gasteiger partial charge in [-0.1, -0.05) is 31.2 Å². The molecule has 1 fully saturated rings. The average molecular weight is 314 g/mol. The number of thiazole rings is 1. The van der Waals surface area contributed by atoms with Crippen molar-refractivity contribution in [1.29, 1.82) is 0 Å². The second kappa shape index (κ2) is 6.61. The van der Waals surface area contributed by atoms with Crippen LogP contribution in [0.15, 0.2) is 29.6 Å². The van der Waals surface area contributed by atoms with E-state index in [0.29, 0.717) is 12.3 Å². The number of hydrogen-bond acceptors (Lipinski definition) is 3. The van der Waals surface area contributed by atoms with Crippen LogP contribution in [0.5, 0.6) is 0 Å². The highest BCUT2D eigenvalue weighted by atomic mass is 32.1. The Kier molecular flexibility index (Phi) is 4.57. The number of likely N-dealkylation sites (tertiary alicyclic amines) is 1. The van der Waals surface area contributed by atoms with Crippen LogP contribution >= 0.6 is 11.3 Å². The van der Waals surface area contributed by atoms with Crippen molar-refractivity contribution in [2.45, 2.75) is 33.1 Å². The summed E-state index contributed by atoms with van der Waals surface area (Å²) in [5, 5.41) is 3.15. The highest BCUT2D eigenvalue weighted by Gasteiger charge is 2.20. The van der Waals surface area contributed by atoms with Gasteiger partial charge < -0.3 is 4.90 Å². The number of hydrogen-bond donors (Lipinski definition) is 0. The van der Waals surface area contributed by atoms with Crippen molar-refractivity contribution < 1.29 is 4.79 Å². The molecule has 1 aromatic carbocycles. The number of carbonyl (C=O) groups is 1. The largest absolute Gasteiger partial charge is 0.342 e. The summed E-state index contributed by atoms with van der Waals surface area (Å²) in [6, 6.07) is 8.23. The normalized spacial score (nSPS) is 18.5. The Morgan fingerprint density at radius 2 is 2.14 bits per heavy atom. The van der Waals surface area contributed by atoms with E-state index < -0.39 is 0 Å². The van der Waals surface area contributed by atoms with Crippen LogP contribution in [-0.2, 0) is 11.2 Å². The third-order valence-corrected chi connectivity index (χ3v) is 5.01. The first-order valence-electron chi connectivity index (χ1n) is 7.91. The van der Waals surface area contributed by atoms with Crippen LogP contribution in [0.3, 0.4) is 0 Å². The van der Waals surface area contributed by atoms with Crippen molar-refractivity contribution in [3.63, 3.8) is 0 Å². The summed E-state index contributed by atoms with van der Waals surface area (Å²) in [4.78, 5) is 18.9. The van der Waals surface area contributed by atoms with Gasteiger partial charge in [-0.15, -0.1) is 11.3 Å². The highest BCUT2D eigenvalue weighted by molar-refractivity contribution is 7.09. The van der Waals surface area contributed by atoms with Crippen LogP contribution in [-0.4, -0.2) is 28.9 Å². The molecule has 1 aliphatic heterocycles. The SMILES string of the molecule is Cc1nc(-c2ccc(CC(=O)N3CCCC(C)C3)cc2)cs1. The summed E-state index contributed by atoms with van der Waals surface area (Å²) >= 11 is 1.66. The lowest BCUT2D eigenvalue weighted by Crippen LogP contribution is -2.39. The first kappa shape index (κ1) is 15.2. The monoisotopic (exact) mass is 314 g/mol. The van der Waals surface area contributed by atoms with Gasteiger partial charge in [0.1, 0.15) is 0 Å². The lowest BCUT2D eigenvalue weighted by Gasteiger charge is -2.31. The lowest BCUT2D eigenvalue weighted by atomic mass is 9.99. The third kappa shape index (κ3) is 3.55. The van der Waals surface area contributed by atoms with Gasteiger partial charge in [-0.05, 0) is 31.2 Å². The molecule has 4 heteroatoms. The van der Waals surface area contributed by atoms with E-state index >= 15 is 0 Å². The van der Waals surface area contributed by atoms with Crippen LogP contribution in [0, 0.1) is 12.8 Å². The van der Waals surface area contributed by atoms with Crippen molar-refractivity contribution in [2.24, 2.45) is 5.92 Å². The number of amides is 1. The molecule has 1 saturated heterocycles. The molecule has 0 aliphatic carbocycles. The van der Waals surface area contributed by atoms with E-state index in [9.17, 15) is 4.79 Å². The molecule has 1 atom stereocenters. The van der Waals surface area contributed by atoms with Crippen molar-refractivity contribution in [2.75, 3.05) is 13.1 Å². The molecule has 2 heterocycles. The lowest BCUT2D eigenvalue weighted by molar-refractivity contribution is -0.132. The number of rotatable bonds is 3. The van der Waals surface area contributed by atoms with E-state index in [-0.39, 0.29) is 5.91 Å². The van der Waals surface area contributed by atoms with Gasteiger partial charge in [0.2, 0.25) is 5.91 Å². The number of carbonyl (C=O) groups excluding carboxylic acids is 1. The first-order valence-corrected chi connectivity index (χ1v) is 8.79. The molecule has 116 valence electrons. The Labute approximate surface area is 136 Å². The zero-order chi connectivity index (χ0) is 15.5. The molecule has 3 nitrogen and oxygen atoms in total. The second-order valence-corrected chi connectivity index (χ2v) is 7.27. The zero-order valence-electron chi connectivity index (χ0n) is 13.2. The minimum atomic E-state index is 0.254. The molecular formula is C18H22N2OS. The highest BCUT2D eigenvalue weighted by Crippen LogP contribution is 2.22. The Morgan fingerprint density at radius 3 is 2.77 bits per heavy atom. The Bertz CT molecular complexity index is 647. The maximum atomic E-state index is 12.4. The fourth-order valence-electron chi connectivity index (χ4n) is 2.99. The number of piperidine rings is 1. The van der Waals surface area contributed by atoms with Crippen molar-refractivity contribution >= 4 is 17.2 Å². The summed E-state index contributed by atoms with van der Waals surface area (Å²) < 4.78 is 0. The molecule has 1 amide bonds. The summed E-state index contributed by atoms with van der Waals surface area (Å²) in [5.41, 5.74) is 3.22. The molecule has 0 saturated carbocycles. The number of benzene rings is 1. The van der Waals surface area contributed by atoms with Gasteiger partial charge in [-0.25, -0.2) is 4.98 Å². The molecule has 0 bridgehead atoms. The minimum Gasteiger partial charge on any atom is -0.342 e. The molecule has 0 radical (unpaired) electrons. The molecule has 22 heavy (non-hydrogen) atoms. The topological polar surface area (TPSA) is 33.2 Å². The predicted octanol–water partition coefficient (Wildman–Crippen LogP) is 3.92. The molecule has 0 spiro atoms. The molecule has 1 aromatic heterocycles. The van der Waals surface area contributed by atoms with Crippen LogP contribution < -0.4 is 0 Å². The zero-order valence-corrected chi connectivity index (χ0v) is 14.0. The summed E-state index contributed by atoms with van der Waals surface area (Å²) in [5.74, 6) is 0.886. The predicted molar refractivity (Wildman–Crippen MR) is 91.0 cm³/mol. The quantitative estimate of drug-likeness (QED) is 0.860. The molecule has 2 aromatic rings. The molecule has 0 N–H and O–H groups in total. The number of aryl methyl sites for hydroxylation is 1. The maximum absolute atomic E-state index is 12.4. The van der Waals surface area contributed by atoms with E-state index in [1.54, 1.807) is 11.3 Å². The summed E-state index contributed by atoms with van der Waals surface area (Å²) in [7, 11) is 0. The van der Waals surface area contributed by atoms with Crippen LogP contribution in [0.1, 0.15) is 30.3 Å². The van der Waals surface area contributed by atoms with Crippen molar-refractivity contribution in [3.05, 3.63) is 40.2 Å². The van der Waals surface area contributed by atoms with Gasteiger partial charge in [0.25, 0.3) is 0 Å². The van der Waals surface area contributed by atoms with E-state index in [1.807, 2.05) is 11.8 Å². The molecule has 3 rings (SSSR count). The van der Waals surface area contributed by atoms with E-state index in [1.165, 1.54) is 6.42 Å². The Morgan fingerprint density at radius 1 is 1.36 bits per heavy atom. The summed E-state index contributed by atoms with van der Waals surface area (Å²) in [6.07, 6.45) is 2.88. The van der Waals surface area contributed by atoms with Crippen molar-refractivity contribution in [3.8, 4) is 11.3 Å². The fraction of sp³-hybridized carbons (Fsp3) is 0.444. The van der Waals surface area contributed by atoms with Crippen molar-refractivity contribution in [1.82, 2.24) is 9.88 Å². The fourth-order valence-corrected chi connectivity index (χ4v) is 3.61. The average Bonchev–Trinajstić information content (AvgIpc) is 2.94. The molecule has 1 aliphatic rings. The van der Waals surface area contributed by atoms with Gasteiger partial charge >= 0.3 is 0 Å². The first-order chi connectivity index (χ1) is 10.6. The third-order valence-electron chi connectivity index (χ3n) is 4.23. The van der Waals surface area contributed by atoms with E-state index in [4.69, 9.17) is 0 Å². The van der Waals surface area contributed by atoms with Crippen LogP contribution in [0.4, 0.5) is 0 Å². The van der Waals surface area contributed by atoms with Gasteiger partial charge in [0, 0.05) is 24.0 Å².